The quantitative estimate of drug-likeness (QED) is 0.413. The zero-order valence-corrected chi connectivity index (χ0v) is 18.0. The number of anilines is 1. The Hall–Kier alpha value is -2.76. The van der Waals surface area contributed by atoms with Crippen LogP contribution in [0.5, 0.6) is 5.75 Å². The molecule has 174 valence electrons. The molecule has 10 heteroatoms. The second kappa shape index (κ2) is 10.7. The standard InChI is InChI=1S/C22H29N3O7/c1-24(2)11-12-25(16-5-3-4-10-23-16)13-14-6-8-15(9-7-14)31-22-19(28)17(26)18(27)20(32-22)21(29)30/h3-10,17-20,22,26-28H,11-13H2,1-2H3,(H,29,30)/t17-,18-,19+,20-,22+/m0/s1. The van der Waals surface area contributed by atoms with Crippen LogP contribution in [0.2, 0.25) is 0 Å². The molecule has 0 bridgehead atoms. The number of ether oxygens (including phenoxy) is 2. The molecule has 3 rings (SSSR count). The van der Waals surface area contributed by atoms with E-state index in [1.807, 2.05) is 44.4 Å². The molecule has 0 amide bonds. The fourth-order valence-corrected chi connectivity index (χ4v) is 3.31. The SMILES string of the molecule is CN(C)CCN(Cc1ccc(O[C@@H]2O[C@H](C(=O)O)[C@@H](O)[C@H](O)[C@H]2O)cc1)c1ccccn1. The summed E-state index contributed by atoms with van der Waals surface area (Å²) in [4.78, 5) is 19.9. The minimum atomic E-state index is -1.76. The van der Waals surface area contributed by atoms with Crippen LogP contribution in [0.1, 0.15) is 5.56 Å². The summed E-state index contributed by atoms with van der Waals surface area (Å²) in [5, 5.41) is 38.9. The van der Waals surface area contributed by atoms with Crippen molar-refractivity contribution < 1.29 is 34.7 Å². The molecule has 4 N–H and O–H groups in total. The number of carboxylic acids is 1. The molecule has 1 aliphatic rings. The topological polar surface area (TPSA) is 136 Å². The summed E-state index contributed by atoms with van der Waals surface area (Å²) in [7, 11) is 4.02. The molecule has 1 aromatic carbocycles. The Morgan fingerprint density at radius 3 is 2.34 bits per heavy atom. The van der Waals surface area contributed by atoms with Gasteiger partial charge in [0.15, 0.2) is 6.10 Å². The number of benzene rings is 1. The highest BCUT2D eigenvalue weighted by atomic mass is 16.7. The highest BCUT2D eigenvalue weighted by Gasteiger charge is 2.48. The van der Waals surface area contributed by atoms with Crippen LogP contribution in [0.4, 0.5) is 5.82 Å². The molecule has 0 spiro atoms. The number of carboxylic acid groups (broad SMARTS) is 1. The first-order valence-corrected chi connectivity index (χ1v) is 10.2. The van der Waals surface area contributed by atoms with E-state index in [0.29, 0.717) is 12.3 Å². The van der Waals surface area contributed by atoms with Gasteiger partial charge in [-0.3, -0.25) is 0 Å². The van der Waals surface area contributed by atoms with Gasteiger partial charge in [-0.25, -0.2) is 9.78 Å². The fourth-order valence-electron chi connectivity index (χ4n) is 3.31. The number of hydrogen-bond donors (Lipinski definition) is 4. The van der Waals surface area contributed by atoms with Crippen molar-refractivity contribution in [1.29, 1.82) is 0 Å². The lowest BCUT2D eigenvalue weighted by atomic mass is 9.99. The van der Waals surface area contributed by atoms with Gasteiger partial charge in [-0.2, -0.15) is 0 Å². The second-order valence-electron chi connectivity index (χ2n) is 7.91. The molecule has 1 aromatic heterocycles. The van der Waals surface area contributed by atoms with Gasteiger partial charge < -0.3 is 39.7 Å². The number of hydrogen-bond acceptors (Lipinski definition) is 9. The molecule has 1 fully saturated rings. The summed E-state index contributed by atoms with van der Waals surface area (Å²) in [6.07, 6.45) is -6.47. The summed E-state index contributed by atoms with van der Waals surface area (Å²) in [6.45, 7) is 2.24. The van der Waals surface area contributed by atoms with Gasteiger partial charge in [0.2, 0.25) is 6.29 Å². The number of nitrogens with zero attached hydrogens (tertiary/aromatic N) is 3. The Morgan fingerprint density at radius 2 is 1.75 bits per heavy atom. The van der Waals surface area contributed by atoms with Gasteiger partial charge in [-0.15, -0.1) is 0 Å². The molecule has 0 radical (unpaired) electrons. The van der Waals surface area contributed by atoms with Crippen molar-refractivity contribution in [2.75, 3.05) is 32.1 Å². The van der Waals surface area contributed by atoms with E-state index >= 15 is 0 Å². The molecule has 0 saturated carbocycles. The number of aliphatic hydroxyl groups excluding tert-OH is 3. The summed E-state index contributed by atoms with van der Waals surface area (Å²) in [5.41, 5.74) is 0.991. The number of aliphatic carboxylic acids is 1. The van der Waals surface area contributed by atoms with Crippen LogP contribution in [0.25, 0.3) is 0 Å². The van der Waals surface area contributed by atoms with Gasteiger partial charge in [0, 0.05) is 25.8 Å². The maximum absolute atomic E-state index is 11.2. The first-order chi connectivity index (χ1) is 15.3. The lowest BCUT2D eigenvalue weighted by molar-refractivity contribution is -0.271. The molecule has 2 aromatic rings. The molecule has 0 unspecified atom stereocenters. The molecule has 1 saturated heterocycles. The van der Waals surface area contributed by atoms with Crippen molar-refractivity contribution >= 4 is 11.8 Å². The number of carbonyl (C=O) groups is 1. The number of aliphatic hydroxyl groups is 3. The van der Waals surface area contributed by atoms with Gasteiger partial charge in [-0.1, -0.05) is 18.2 Å². The van der Waals surface area contributed by atoms with Crippen molar-refractivity contribution in [3.05, 3.63) is 54.2 Å². The fraction of sp³-hybridized carbons (Fsp3) is 0.455. The smallest absolute Gasteiger partial charge is 0.335 e. The third-order valence-electron chi connectivity index (χ3n) is 5.15. The van der Waals surface area contributed by atoms with Crippen molar-refractivity contribution in [2.45, 2.75) is 37.3 Å². The molecule has 32 heavy (non-hydrogen) atoms. The van der Waals surface area contributed by atoms with Crippen molar-refractivity contribution in [3.8, 4) is 5.75 Å². The van der Waals surface area contributed by atoms with Crippen LogP contribution in [0.15, 0.2) is 48.7 Å². The van der Waals surface area contributed by atoms with Crippen LogP contribution < -0.4 is 9.64 Å². The summed E-state index contributed by atoms with van der Waals surface area (Å²) in [6, 6.07) is 12.8. The maximum Gasteiger partial charge on any atom is 0.335 e. The molecular formula is C22H29N3O7. The van der Waals surface area contributed by atoms with E-state index in [0.717, 1.165) is 24.5 Å². The lowest BCUT2D eigenvalue weighted by Crippen LogP contribution is -2.61. The largest absolute Gasteiger partial charge is 0.479 e. The van der Waals surface area contributed by atoms with Crippen LogP contribution in [0, 0.1) is 0 Å². The van der Waals surface area contributed by atoms with Crippen molar-refractivity contribution in [1.82, 2.24) is 9.88 Å². The maximum atomic E-state index is 11.2. The van der Waals surface area contributed by atoms with Gasteiger partial charge in [-0.05, 0) is 43.9 Å². The Morgan fingerprint density at radius 1 is 1.03 bits per heavy atom. The molecule has 2 heterocycles. The van der Waals surface area contributed by atoms with Gasteiger partial charge in [0.05, 0.1) is 0 Å². The van der Waals surface area contributed by atoms with E-state index < -0.39 is 36.7 Å². The van der Waals surface area contributed by atoms with Gasteiger partial charge in [0.25, 0.3) is 0 Å². The second-order valence-corrected chi connectivity index (χ2v) is 7.91. The summed E-state index contributed by atoms with van der Waals surface area (Å²) >= 11 is 0. The van der Waals surface area contributed by atoms with E-state index in [9.17, 15) is 20.1 Å². The van der Waals surface area contributed by atoms with Gasteiger partial charge >= 0.3 is 5.97 Å². The first-order valence-electron chi connectivity index (χ1n) is 10.2. The number of pyridine rings is 1. The van der Waals surface area contributed by atoms with Crippen LogP contribution in [0.3, 0.4) is 0 Å². The Kier molecular flexibility index (Phi) is 7.99. The Bertz CT molecular complexity index is 866. The Labute approximate surface area is 186 Å². The normalized spacial score (nSPS) is 25.5. The molecular weight excluding hydrogens is 418 g/mol. The number of likely N-dealkylation sites (N-methyl/N-ethyl adjacent to an activating group) is 1. The zero-order valence-electron chi connectivity index (χ0n) is 18.0. The van der Waals surface area contributed by atoms with E-state index in [4.69, 9.17) is 14.6 Å². The van der Waals surface area contributed by atoms with Gasteiger partial charge in [0.1, 0.15) is 29.9 Å². The zero-order chi connectivity index (χ0) is 23.3. The molecule has 1 aliphatic heterocycles. The van der Waals surface area contributed by atoms with Crippen LogP contribution in [-0.2, 0) is 16.1 Å². The van der Waals surface area contributed by atoms with E-state index in [1.165, 1.54) is 0 Å². The minimum Gasteiger partial charge on any atom is -0.479 e. The molecule has 5 atom stereocenters. The monoisotopic (exact) mass is 447 g/mol. The summed E-state index contributed by atoms with van der Waals surface area (Å²) in [5.74, 6) is -0.274. The predicted octanol–water partition coefficient (Wildman–Crippen LogP) is -0.0792. The summed E-state index contributed by atoms with van der Waals surface area (Å²) < 4.78 is 10.7. The highest BCUT2D eigenvalue weighted by molar-refractivity contribution is 5.73. The van der Waals surface area contributed by atoms with Crippen LogP contribution in [-0.4, -0.2) is 94.2 Å². The average Bonchev–Trinajstić information content (AvgIpc) is 2.78. The predicted molar refractivity (Wildman–Crippen MR) is 115 cm³/mol. The van der Waals surface area contributed by atoms with Crippen molar-refractivity contribution in [2.24, 2.45) is 0 Å². The highest BCUT2D eigenvalue weighted by Crippen LogP contribution is 2.25. The first kappa shape index (κ1) is 23.9. The average molecular weight is 447 g/mol. The third-order valence-corrected chi connectivity index (χ3v) is 5.15. The number of rotatable bonds is 9. The van der Waals surface area contributed by atoms with E-state index in [-0.39, 0.29) is 0 Å². The van der Waals surface area contributed by atoms with Crippen LogP contribution >= 0.6 is 0 Å². The van der Waals surface area contributed by atoms with E-state index in [2.05, 4.69) is 14.8 Å². The van der Waals surface area contributed by atoms with Crippen molar-refractivity contribution in [3.63, 3.8) is 0 Å². The third kappa shape index (κ3) is 5.93. The molecule has 10 nitrogen and oxygen atoms in total. The minimum absolute atomic E-state index is 0.322. The number of aromatic nitrogens is 1. The van der Waals surface area contributed by atoms with E-state index in [1.54, 1.807) is 18.3 Å². The Balaban J connectivity index is 1.67. The molecule has 0 aliphatic carbocycles. The lowest BCUT2D eigenvalue weighted by Gasteiger charge is -2.38.